The first-order valence-corrected chi connectivity index (χ1v) is 15.1. The third-order valence-corrected chi connectivity index (χ3v) is 9.07. The zero-order valence-corrected chi connectivity index (χ0v) is 26.9. The molecule has 0 radical (unpaired) electrons. The molecular weight excluding hydrogens is 711 g/mol. The van der Waals surface area contributed by atoms with Gasteiger partial charge >= 0.3 is 0 Å². The Hall–Kier alpha value is -1.42. The number of aryl methyl sites for hydroxylation is 2. The van der Waals surface area contributed by atoms with Crippen molar-refractivity contribution in [2.75, 3.05) is 0 Å². The Labute approximate surface area is 252 Å². The van der Waals surface area contributed by atoms with Gasteiger partial charge in [0.05, 0.1) is 0 Å². The van der Waals surface area contributed by atoms with Gasteiger partial charge in [0.1, 0.15) is 5.78 Å². The smallest absolute Gasteiger partial charge is 0.245 e. The zero-order valence-electron chi connectivity index (χ0n) is 22.6. The molecule has 0 aliphatic rings. The molecule has 0 aromatic heterocycles. The maximum Gasteiger partial charge on any atom is 0.245 e. The summed E-state index contributed by atoms with van der Waals surface area (Å²) in [6, 6.07) is 21.9. The Morgan fingerprint density at radius 3 is 2.13 bits per heavy atom. The van der Waals surface area contributed by atoms with E-state index in [1.807, 2.05) is 68.4 Å². The normalized spacial score (nSPS) is 15.9. The SMILES string of the molecule is CCc1cc([C@](Cc2ccccc2)(c2cc(C)cc(C(C)(F)I)c2)[C@H](C)C(=O)CCC(C)(F)F)ccc1I. The molecule has 3 aromatic carbocycles. The highest BCUT2D eigenvalue weighted by Gasteiger charge is 2.44. The second kappa shape index (κ2) is 12.4. The minimum Gasteiger partial charge on any atom is -0.299 e. The van der Waals surface area contributed by atoms with E-state index in [9.17, 15) is 13.6 Å². The van der Waals surface area contributed by atoms with Crippen molar-refractivity contribution in [3.63, 3.8) is 0 Å². The van der Waals surface area contributed by atoms with Crippen molar-refractivity contribution in [1.29, 1.82) is 0 Å². The zero-order chi connectivity index (χ0) is 28.3. The number of hydrogen-bond donors (Lipinski definition) is 0. The molecule has 0 aliphatic heterocycles. The lowest BCUT2D eigenvalue weighted by Crippen LogP contribution is -2.42. The third-order valence-electron chi connectivity index (χ3n) is 7.40. The largest absolute Gasteiger partial charge is 0.299 e. The average Bonchev–Trinajstić information content (AvgIpc) is 2.85. The van der Waals surface area contributed by atoms with Gasteiger partial charge in [-0.05, 0) is 113 Å². The fraction of sp³-hybridized carbons (Fsp3) is 0.406. The minimum atomic E-state index is -2.93. The van der Waals surface area contributed by atoms with E-state index >= 15 is 4.39 Å². The molecule has 0 spiro atoms. The first-order valence-electron chi connectivity index (χ1n) is 12.9. The van der Waals surface area contributed by atoms with Gasteiger partial charge < -0.3 is 0 Å². The van der Waals surface area contributed by atoms with E-state index in [0.29, 0.717) is 12.0 Å². The maximum absolute atomic E-state index is 15.3. The van der Waals surface area contributed by atoms with E-state index in [1.165, 1.54) is 6.92 Å². The van der Waals surface area contributed by atoms with Gasteiger partial charge in [-0.15, -0.1) is 0 Å². The molecule has 0 bridgehead atoms. The molecule has 0 N–H and O–H groups in total. The second-order valence-corrected chi connectivity index (χ2v) is 13.7. The van der Waals surface area contributed by atoms with Crippen molar-refractivity contribution >= 4 is 51.0 Å². The molecule has 0 saturated heterocycles. The number of hydrogen-bond acceptors (Lipinski definition) is 1. The van der Waals surface area contributed by atoms with Crippen LogP contribution in [0.2, 0.25) is 0 Å². The fourth-order valence-electron chi connectivity index (χ4n) is 5.19. The summed E-state index contributed by atoms with van der Waals surface area (Å²) in [6.45, 7) is 8.24. The average molecular weight is 746 g/mol. The maximum atomic E-state index is 15.3. The Bertz CT molecular complexity index is 1260. The van der Waals surface area contributed by atoms with Crippen LogP contribution in [0.15, 0.2) is 66.7 Å². The summed E-state index contributed by atoms with van der Waals surface area (Å²) < 4.78 is 42.5. The molecule has 1 nitrogen and oxygen atoms in total. The Morgan fingerprint density at radius 1 is 0.921 bits per heavy atom. The molecule has 3 rings (SSSR count). The minimum absolute atomic E-state index is 0.223. The van der Waals surface area contributed by atoms with Gasteiger partial charge in [-0.2, -0.15) is 0 Å². The standard InChI is InChI=1S/C32H35F3I2O/c1-6-24-18-25(12-13-28(24)36)32(20-23-10-8-7-9-11-23,22(3)29(38)14-15-30(4,33)34)27-17-21(2)16-26(19-27)31(5,35)37/h7-13,16-19,22H,6,14-15,20H2,1-5H3/t22-,31?,32-/m1/s1. The van der Waals surface area contributed by atoms with Gasteiger partial charge in [-0.25, -0.2) is 13.2 Å². The first kappa shape index (κ1) is 31.1. The van der Waals surface area contributed by atoms with E-state index in [0.717, 1.165) is 44.7 Å². The van der Waals surface area contributed by atoms with Crippen molar-refractivity contribution < 1.29 is 18.0 Å². The van der Waals surface area contributed by atoms with Crippen LogP contribution in [0.25, 0.3) is 0 Å². The highest BCUT2D eigenvalue weighted by Crippen LogP contribution is 2.46. The van der Waals surface area contributed by atoms with E-state index in [1.54, 1.807) is 22.6 Å². The Morgan fingerprint density at radius 2 is 1.55 bits per heavy atom. The number of rotatable bonds is 11. The molecule has 0 saturated carbocycles. The van der Waals surface area contributed by atoms with E-state index < -0.39 is 27.4 Å². The Balaban J connectivity index is 2.37. The first-order chi connectivity index (χ1) is 17.7. The topological polar surface area (TPSA) is 17.1 Å². The van der Waals surface area contributed by atoms with Crippen LogP contribution in [0.3, 0.4) is 0 Å². The van der Waals surface area contributed by atoms with Crippen molar-refractivity contribution in [3.05, 3.63) is 104 Å². The van der Waals surface area contributed by atoms with E-state index in [2.05, 4.69) is 41.6 Å². The predicted molar refractivity (Wildman–Crippen MR) is 167 cm³/mol. The summed E-state index contributed by atoms with van der Waals surface area (Å²) in [7, 11) is 0. The van der Waals surface area contributed by atoms with E-state index in [4.69, 9.17) is 0 Å². The predicted octanol–water partition coefficient (Wildman–Crippen LogP) is 9.91. The molecule has 3 aromatic rings. The molecule has 0 fully saturated rings. The van der Waals surface area contributed by atoms with Crippen molar-refractivity contribution in [2.24, 2.45) is 5.92 Å². The fourth-order valence-corrected chi connectivity index (χ4v) is 6.22. The molecule has 0 heterocycles. The lowest BCUT2D eigenvalue weighted by Gasteiger charge is -2.41. The van der Waals surface area contributed by atoms with Crippen molar-refractivity contribution in [2.45, 2.75) is 75.3 Å². The van der Waals surface area contributed by atoms with Crippen LogP contribution in [0.5, 0.6) is 0 Å². The van der Waals surface area contributed by atoms with E-state index in [-0.39, 0.29) is 12.2 Å². The molecule has 3 atom stereocenters. The van der Waals surface area contributed by atoms with Crippen LogP contribution in [-0.4, -0.2) is 11.7 Å². The molecular formula is C32H35F3I2O. The number of benzene rings is 3. The second-order valence-electron chi connectivity index (χ2n) is 10.5. The summed E-state index contributed by atoms with van der Waals surface area (Å²) in [5, 5.41) is 0. The number of Topliss-reactive ketones (excluding diaryl/α,β-unsaturated/α-hetero) is 1. The monoisotopic (exact) mass is 746 g/mol. The van der Waals surface area contributed by atoms with Crippen molar-refractivity contribution in [3.8, 4) is 0 Å². The number of alkyl halides is 4. The third kappa shape index (κ3) is 7.40. The van der Waals surface area contributed by atoms with Crippen LogP contribution in [-0.2, 0) is 26.7 Å². The van der Waals surface area contributed by atoms with Crippen molar-refractivity contribution in [1.82, 2.24) is 0 Å². The number of ketones is 1. The summed E-state index contributed by atoms with van der Waals surface area (Å²) in [5.41, 5.74) is 4.45. The van der Waals surface area contributed by atoms with Gasteiger partial charge in [0.2, 0.25) is 5.92 Å². The van der Waals surface area contributed by atoms with Gasteiger partial charge in [0.15, 0.2) is 3.68 Å². The summed E-state index contributed by atoms with van der Waals surface area (Å²) >= 11 is 4.11. The Kier molecular flexibility index (Phi) is 10.2. The van der Waals surface area contributed by atoms with Gasteiger partial charge in [-0.1, -0.05) is 80.1 Å². The summed E-state index contributed by atoms with van der Waals surface area (Å²) in [6.07, 6.45) is 0.561. The number of carbonyl (C=O) groups is 1. The van der Waals surface area contributed by atoms with Crippen LogP contribution < -0.4 is 0 Å². The highest BCUT2D eigenvalue weighted by atomic mass is 127. The molecule has 1 unspecified atom stereocenters. The van der Waals surface area contributed by atoms with Crippen LogP contribution in [0.1, 0.15) is 73.9 Å². The number of halogens is 5. The lowest BCUT2D eigenvalue weighted by molar-refractivity contribution is -0.125. The lowest BCUT2D eigenvalue weighted by atomic mass is 9.61. The molecule has 6 heteroatoms. The highest BCUT2D eigenvalue weighted by molar-refractivity contribution is 14.1. The summed E-state index contributed by atoms with van der Waals surface area (Å²) in [5.74, 6) is -3.78. The molecule has 0 aliphatic carbocycles. The number of carbonyl (C=O) groups excluding carboxylic acids is 1. The van der Waals surface area contributed by atoms with Crippen LogP contribution in [0.4, 0.5) is 13.2 Å². The summed E-state index contributed by atoms with van der Waals surface area (Å²) in [4.78, 5) is 13.8. The molecule has 204 valence electrons. The van der Waals surface area contributed by atoms with Gasteiger partial charge in [0, 0.05) is 27.7 Å². The van der Waals surface area contributed by atoms with Crippen LogP contribution in [0, 0.1) is 16.4 Å². The van der Waals surface area contributed by atoms with Gasteiger partial charge in [0.25, 0.3) is 0 Å². The molecule has 38 heavy (non-hydrogen) atoms. The van der Waals surface area contributed by atoms with Crippen LogP contribution >= 0.6 is 45.2 Å². The quantitative estimate of drug-likeness (QED) is 0.141. The van der Waals surface area contributed by atoms with Gasteiger partial charge in [-0.3, -0.25) is 4.79 Å². The molecule has 0 amide bonds.